The second-order valence-electron chi connectivity index (χ2n) is 6.07. The molecule has 6 heteroatoms. The number of hydrogen-bond acceptors (Lipinski definition) is 4. The third-order valence-electron chi connectivity index (χ3n) is 3.73. The molecule has 0 fully saturated rings. The molecular formula is C17H28N2O4. The fraction of sp³-hybridized carbons (Fsp3) is 0.706. The molecule has 0 aliphatic heterocycles. The smallest absolute Gasteiger partial charge is 0.330 e. The first-order valence-corrected chi connectivity index (χ1v) is 8.36. The standard InChI is InChI=1S/C17H28N2O4/c1-5-19-15(20)14(4)12-18(17(19)22)10-8-6-7-9-11-23-16(21)13(2)3/h12-13H,5-11H2,1-4H3. The van der Waals surface area contributed by atoms with E-state index < -0.39 is 0 Å². The number of ether oxygens (including phenoxy) is 1. The van der Waals surface area contributed by atoms with Crippen molar-refractivity contribution in [3.63, 3.8) is 0 Å². The topological polar surface area (TPSA) is 70.3 Å². The Hall–Kier alpha value is -1.85. The molecule has 0 saturated heterocycles. The summed E-state index contributed by atoms with van der Waals surface area (Å²) in [5.41, 5.74) is 0.140. The van der Waals surface area contributed by atoms with Crippen LogP contribution in [-0.4, -0.2) is 21.7 Å². The molecule has 1 rings (SSSR count). The molecule has 0 aromatic carbocycles. The summed E-state index contributed by atoms with van der Waals surface area (Å²) in [6.45, 7) is 8.61. The molecule has 1 aromatic heterocycles. The average Bonchev–Trinajstić information content (AvgIpc) is 2.51. The van der Waals surface area contributed by atoms with Crippen LogP contribution in [-0.2, 0) is 22.6 Å². The van der Waals surface area contributed by atoms with Crippen LogP contribution in [0.15, 0.2) is 15.8 Å². The molecule has 0 aliphatic carbocycles. The summed E-state index contributed by atoms with van der Waals surface area (Å²) >= 11 is 0. The number of esters is 1. The van der Waals surface area contributed by atoms with E-state index in [4.69, 9.17) is 4.74 Å². The van der Waals surface area contributed by atoms with E-state index >= 15 is 0 Å². The summed E-state index contributed by atoms with van der Waals surface area (Å²) in [5, 5.41) is 0. The van der Waals surface area contributed by atoms with Crippen LogP contribution < -0.4 is 11.2 Å². The van der Waals surface area contributed by atoms with Crippen LogP contribution in [0.3, 0.4) is 0 Å². The molecule has 0 bridgehead atoms. The first-order chi connectivity index (χ1) is 10.9. The molecule has 0 radical (unpaired) electrons. The van der Waals surface area contributed by atoms with E-state index in [1.54, 1.807) is 24.6 Å². The Morgan fingerprint density at radius 1 is 1.17 bits per heavy atom. The minimum atomic E-state index is -0.242. The van der Waals surface area contributed by atoms with E-state index in [1.165, 1.54) is 4.57 Å². The van der Waals surface area contributed by atoms with Gasteiger partial charge in [0.05, 0.1) is 12.5 Å². The van der Waals surface area contributed by atoms with Crippen molar-refractivity contribution in [2.45, 2.75) is 66.5 Å². The first-order valence-electron chi connectivity index (χ1n) is 8.36. The van der Waals surface area contributed by atoms with Gasteiger partial charge in [-0.1, -0.05) is 20.3 Å². The van der Waals surface area contributed by atoms with E-state index in [0.29, 0.717) is 25.3 Å². The van der Waals surface area contributed by atoms with Crippen molar-refractivity contribution in [1.29, 1.82) is 0 Å². The van der Waals surface area contributed by atoms with Crippen molar-refractivity contribution in [2.24, 2.45) is 5.92 Å². The molecule has 1 aromatic rings. The van der Waals surface area contributed by atoms with Gasteiger partial charge in [-0.3, -0.25) is 14.2 Å². The number of carbonyl (C=O) groups is 1. The molecule has 0 spiro atoms. The maximum atomic E-state index is 12.1. The molecule has 0 saturated carbocycles. The number of unbranched alkanes of at least 4 members (excludes halogenated alkanes) is 3. The second-order valence-corrected chi connectivity index (χ2v) is 6.07. The lowest BCUT2D eigenvalue weighted by molar-refractivity contribution is -0.147. The normalized spacial score (nSPS) is 11.0. The minimum absolute atomic E-state index is 0.0839. The van der Waals surface area contributed by atoms with Crippen LogP contribution in [0, 0.1) is 12.8 Å². The van der Waals surface area contributed by atoms with E-state index in [9.17, 15) is 14.4 Å². The highest BCUT2D eigenvalue weighted by molar-refractivity contribution is 5.71. The van der Waals surface area contributed by atoms with Crippen molar-refractivity contribution in [3.8, 4) is 0 Å². The Morgan fingerprint density at radius 3 is 2.43 bits per heavy atom. The van der Waals surface area contributed by atoms with Crippen LogP contribution in [0.2, 0.25) is 0 Å². The summed E-state index contributed by atoms with van der Waals surface area (Å²) in [6, 6.07) is 0. The highest BCUT2D eigenvalue weighted by Gasteiger charge is 2.08. The SMILES string of the molecule is CCn1c(=O)c(C)cn(CCCCCCOC(=O)C(C)C)c1=O. The monoisotopic (exact) mass is 324 g/mol. The fourth-order valence-corrected chi connectivity index (χ4v) is 2.32. The van der Waals surface area contributed by atoms with Gasteiger partial charge >= 0.3 is 11.7 Å². The summed E-state index contributed by atoms with van der Waals surface area (Å²) in [4.78, 5) is 35.3. The summed E-state index contributed by atoms with van der Waals surface area (Å²) in [7, 11) is 0. The predicted molar refractivity (Wildman–Crippen MR) is 89.6 cm³/mol. The Kier molecular flexibility index (Phi) is 7.78. The summed E-state index contributed by atoms with van der Waals surface area (Å²) in [6.07, 6.45) is 5.24. The molecule has 23 heavy (non-hydrogen) atoms. The largest absolute Gasteiger partial charge is 0.465 e. The van der Waals surface area contributed by atoms with E-state index in [1.807, 2.05) is 13.8 Å². The van der Waals surface area contributed by atoms with Crippen LogP contribution in [0.5, 0.6) is 0 Å². The van der Waals surface area contributed by atoms with Crippen LogP contribution in [0.25, 0.3) is 0 Å². The van der Waals surface area contributed by atoms with Gasteiger partial charge in [0.15, 0.2) is 0 Å². The number of rotatable bonds is 9. The molecule has 130 valence electrons. The highest BCUT2D eigenvalue weighted by Crippen LogP contribution is 2.03. The zero-order valence-electron chi connectivity index (χ0n) is 14.6. The van der Waals surface area contributed by atoms with Crippen LogP contribution >= 0.6 is 0 Å². The Morgan fingerprint density at radius 2 is 1.83 bits per heavy atom. The van der Waals surface area contributed by atoms with Crippen molar-refractivity contribution >= 4 is 5.97 Å². The van der Waals surface area contributed by atoms with Crippen molar-refractivity contribution in [2.75, 3.05) is 6.61 Å². The molecule has 0 aliphatic rings. The lowest BCUT2D eigenvalue weighted by Gasteiger charge is -2.10. The maximum Gasteiger partial charge on any atom is 0.330 e. The lowest BCUT2D eigenvalue weighted by Crippen LogP contribution is -2.40. The zero-order chi connectivity index (χ0) is 17.4. The van der Waals surface area contributed by atoms with Gasteiger partial charge in [-0.2, -0.15) is 0 Å². The van der Waals surface area contributed by atoms with Crippen molar-refractivity contribution in [1.82, 2.24) is 9.13 Å². The number of aryl methyl sites for hydroxylation is 2. The first kappa shape index (κ1) is 19.2. The predicted octanol–water partition coefficient (Wildman–Crippen LogP) is 2.10. The Labute approximate surface area is 137 Å². The van der Waals surface area contributed by atoms with Gasteiger partial charge in [0, 0.05) is 24.8 Å². The highest BCUT2D eigenvalue weighted by atomic mass is 16.5. The van der Waals surface area contributed by atoms with Gasteiger partial charge in [0.1, 0.15) is 0 Å². The number of aromatic nitrogens is 2. The number of carbonyl (C=O) groups excluding carboxylic acids is 1. The van der Waals surface area contributed by atoms with Crippen LogP contribution in [0.4, 0.5) is 0 Å². The molecule has 0 amide bonds. The third-order valence-corrected chi connectivity index (χ3v) is 3.73. The van der Waals surface area contributed by atoms with E-state index in [-0.39, 0.29) is 23.1 Å². The quantitative estimate of drug-likeness (QED) is 0.515. The molecule has 1 heterocycles. The lowest BCUT2D eigenvalue weighted by atomic mass is 10.2. The second kappa shape index (κ2) is 9.33. The zero-order valence-corrected chi connectivity index (χ0v) is 14.6. The number of hydrogen-bond donors (Lipinski definition) is 0. The minimum Gasteiger partial charge on any atom is -0.465 e. The molecule has 0 atom stereocenters. The van der Waals surface area contributed by atoms with Gasteiger partial charge in [0.25, 0.3) is 5.56 Å². The molecule has 0 N–H and O–H groups in total. The Balaban J connectivity index is 2.37. The summed E-state index contributed by atoms with van der Waals surface area (Å²) in [5.74, 6) is -0.242. The van der Waals surface area contributed by atoms with Gasteiger partial charge in [-0.15, -0.1) is 0 Å². The van der Waals surface area contributed by atoms with Gasteiger partial charge < -0.3 is 9.30 Å². The summed E-state index contributed by atoms with van der Waals surface area (Å²) < 4.78 is 7.99. The number of nitrogens with zero attached hydrogens (tertiary/aromatic N) is 2. The molecule has 0 unspecified atom stereocenters. The fourth-order valence-electron chi connectivity index (χ4n) is 2.32. The third kappa shape index (κ3) is 5.69. The van der Waals surface area contributed by atoms with Crippen molar-refractivity contribution < 1.29 is 9.53 Å². The van der Waals surface area contributed by atoms with Gasteiger partial charge in [-0.05, 0) is 33.1 Å². The van der Waals surface area contributed by atoms with Gasteiger partial charge in [0.2, 0.25) is 0 Å². The Bertz CT molecular complexity index is 628. The van der Waals surface area contributed by atoms with Crippen molar-refractivity contribution in [3.05, 3.63) is 32.6 Å². The van der Waals surface area contributed by atoms with Crippen LogP contribution in [0.1, 0.15) is 52.0 Å². The molecule has 6 nitrogen and oxygen atoms in total. The van der Waals surface area contributed by atoms with Gasteiger partial charge in [-0.25, -0.2) is 4.79 Å². The molecular weight excluding hydrogens is 296 g/mol. The van der Waals surface area contributed by atoms with E-state index in [0.717, 1.165) is 25.7 Å². The average molecular weight is 324 g/mol. The van der Waals surface area contributed by atoms with E-state index in [2.05, 4.69) is 0 Å². The maximum absolute atomic E-state index is 12.1.